The highest BCUT2D eigenvalue weighted by Gasteiger charge is 2.19. The average Bonchev–Trinajstić information content (AvgIpc) is 2.75. The fraction of sp³-hybridized carbons (Fsp3) is 0.130. The largest absolute Gasteiger partial charge is 0.494 e. The van der Waals surface area contributed by atoms with Crippen molar-refractivity contribution < 1.29 is 13.2 Å². The van der Waals surface area contributed by atoms with Crippen LogP contribution < -0.4 is 15.5 Å². The molecule has 0 aliphatic carbocycles. The first kappa shape index (κ1) is 20.6. The second-order valence-corrected chi connectivity index (χ2v) is 8.39. The molecule has 1 aliphatic heterocycles. The molecule has 8 heteroatoms. The zero-order valence-electron chi connectivity index (χ0n) is 17.1. The van der Waals surface area contributed by atoms with Crippen LogP contribution in [-0.4, -0.2) is 26.7 Å². The van der Waals surface area contributed by atoms with Gasteiger partial charge < -0.3 is 4.74 Å². The van der Waals surface area contributed by atoms with Gasteiger partial charge in [0.2, 0.25) is 5.84 Å². The molecule has 0 unspecified atom stereocenters. The molecule has 0 fully saturated rings. The number of fused-ring (bicyclic) bond motifs is 1. The summed E-state index contributed by atoms with van der Waals surface area (Å²) in [5.74, 6) is 0.783. The Bertz CT molecular complexity index is 1410. The van der Waals surface area contributed by atoms with Crippen molar-refractivity contribution in [3.63, 3.8) is 0 Å². The lowest BCUT2D eigenvalue weighted by atomic mass is 10.2. The van der Waals surface area contributed by atoms with Crippen molar-refractivity contribution in [2.45, 2.75) is 18.7 Å². The molecule has 0 radical (unpaired) electrons. The lowest BCUT2D eigenvalue weighted by Gasteiger charge is -2.08. The smallest absolute Gasteiger partial charge is 0.284 e. The van der Waals surface area contributed by atoms with Crippen LogP contribution in [0.25, 0.3) is 0 Å². The quantitative estimate of drug-likeness (QED) is 0.620. The Hall–Kier alpha value is -3.65. The van der Waals surface area contributed by atoms with E-state index in [-0.39, 0.29) is 16.6 Å². The predicted molar refractivity (Wildman–Crippen MR) is 119 cm³/mol. The Labute approximate surface area is 180 Å². The van der Waals surface area contributed by atoms with Gasteiger partial charge >= 0.3 is 0 Å². The van der Waals surface area contributed by atoms with E-state index in [2.05, 4.69) is 19.4 Å². The first-order valence-electron chi connectivity index (χ1n) is 9.71. The van der Waals surface area contributed by atoms with E-state index in [1.807, 2.05) is 26.0 Å². The number of nitrogens with zero attached hydrogens (tertiary/aromatic N) is 4. The van der Waals surface area contributed by atoms with E-state index in [0.717, 1.165) is 11.3 Å². The Balaban J connectivity index is 1.83. The number of amidine groups is 2. The summed E-state index contributed by atoms with van der Waals surface area (Å²) in [7, 11) is -3.99. The fourth-order valence-electron chi connectivity index (χ4n) is 2.97. The molecule has 0 spiro atoms. The molecule has 7 nitrogen and oxygen atoms in total. The summed E-state index contributed by atoms with van der Waals surface area (Å²) in [4.78, 5) is 13.5. The Morgan fingerprint density at radius 2 is 1.55 bits per heavy atom. The van der Waals surface area contributed by atoms with Crippen LogP contribution in [0.2, 0.25) is 0 Å². The van der Waals surface area contributed by atoms with Crippen LogP contribution in [0, 0.1) is 6.92 Å². The van der Waals surface area contributed by atoms with Gasteiger partial charge in [-0.15, -0.1) is 4.40 Å². The molecular weight excluding hydrogens is 412 g/mol. The predicted octanol–water partition coefficient (Wildman–Crippen LogP) is 3.16. The zero-order valence-corrected chi connectivity index (χ0v) is 17.9. The molecule has 0 aromatic heterocycles. The maximum absolute atomic E-state index is 12.9. The summed E-state index contributed by atoms with van der Waals surface area (Å²) in [6, 6.07) is 20.9. The van der Waals surface area contributed by atoms with Crippen molar-refractivity contribution in [3.05, 3.63) is 89.1 Å². The van der Waals surface area contributed by atoms with Crippen LogP contribution in [0.15, 0.2) is 97.1 Å². The SMILES string of the molecule is CCOc1ccc(N=C2N=c3ccccc3=N/C2=N\S(=O)(=O)c2cccc(C)c2)cc1. The molecule has 0 N–H and O–H groups in total. The van der Waals surface area contributed by atoms with Gasteiger partial charge in [0.15, 0.2) is 5.84 Å². The molecule has 31 heavy (non-hydrogen) atoms. The second-order valence-electron chi connectivity index (χ2n) is 6.78. The number of hydrogen-bond donors (Lipinski definition) is 0. The normalized spacial score (nSPS) is 15.8. The topological polar surface area (TPSA) is 92.8 Å². The van der Waals surface area contributed by atoms with Crippen molar-refractivity contribution in [1.29, 1.82) is 0 Å². The number of aryl methyl sites for hydroxylation is 1. The van der Waals surface area contributed by atoms with E-state index in [0.29, 0.717) is 23.0 Å². The lowest BCUT2D eigenvalue weighted by Crippen LogP contribution is -2.34. The minimum atomic E-state index is -3.99. The van der Waals surface area contributed by atoms with Crippen molar-refractivity contribution in [2.24, 2.45) is 19.4 Å². The monoisotopic (exact) mass is 432 g/mol. The summed E-state index contributed by atoms with van der Waals surface area (Å²) in [6.45, 7) is 4.29. The zero-order chi connectivity index (χ0) is 21.8. The number of rotatable bonds is 5. The first-order chi connectivity index (χ1) is 14.9. The highest BCUT2D eigenvalue weighted by atomic mass is 32.2. The third-order valence-electron chi connectivity index (χ3n) is 4.41. The van der Waals surface area contributed by atoms with Gasteiger partial charge in [0.1, 0.15) is 5.75 Å². The Kier molecular flexibility index (Phi) is 5.73. The van der Waals surface area contributed by atoms with Crippen LogP contribution in [0.3, 0.4) is 0 Å². The van der Waals surface area contributed by atoms with Gasteiger partial charge in [0.05, 0.1) is 27.9 Å². The second kappa shape index (κ2) is 8.61. The number of para-hydroxylation sites is 2. The van der Waals surface area contributed by atoms with Gasteiger partial charge in [-0.2, -0.15) is 8.42 Å². The minimum Gasteiger partial charge on any atom is -0.494 e. The van der Waals surface area contributed by atoms with E-state index in [4.69, 9.17) is 4.74 Å². The van der Waals surface area contributed by atoms with E-state index in [1.165, 1.54) is 6.07 Å². The molecule has 1 aliphatic rings. The van der Waals surface area contributed by atoms with Crippen LogP contribution in [0.1, 0.15) is 12.5 Å². The van der Waals surface area contributed by atoms with Gasteiger partial charge in [-0.1, -0.05) is 24.3 Å². The molecule has 0 bridgehead atoms. The van der Waals surface area contributed by atoms with Crippen molar-refractivity contribution in [1.82, 2.24) is 0 Å². The molecule has 3 aromatic rings. The van der Waals surface area contributed by atoms with E-state index in [9.17, 15) is 8.42 Å². The summed E-state index contributed by atoms with van der Waals surface area (Å²) < 4.78 is 35.3. The average molecular weight is 433 g/mol. The highest BCUT2D eigenvalue weighted by Crippen LogP contribution is 2.20. The van der Waals surface area contributed by atoms with Crippen LogP contribution >= 0.6 is 0 Å². The van der Waals surface area contributed by atoms with Gasteiger partial charge in [-0.25, -0.2) is 15.0 Å². The Morgan fingerprint density at radius 1 is 0.871 bits per heavy atom. The van der Waals surface area contributed by atoms with E-state index < -0.39 is 10.0 Å². The Morgan fingerprint density at radius 3 is 2.19 bits per heavy atom. The summed E-state index contributed by atoms with van der Waals surface area (Å²) in [6.07, 6.45) is 0. The molecule has 4 rings (SSSR count). The van der Waals surface area contributed by atoms with Crippen molar-refractivity contribution in [2.75, 3.05) is 6.61 Å². The summed E-state index contributed by atoms with van der Waals surface area (Å²) in [5.41, 5.74) is 1.40. The highest BCUT2D eigenvalue weighted by molar-refractivity contribution is 7.90. The third kappa shape index (κ3) is 4.75. The van der Waals surface area contributed by atoms with E-state index >= 15 is 0 Å². The molecular formula is C23H20N4O3S. The number of benzene rings is 3. The maximum atomic E-state index is 12.9. The van der Waals surface area contributed by atoms with Crippen molar-refractivity contribution >= 4 is 27.4 Å². The van der Waals surface area contributed by atoms with Crippen LogP contribution in [0.5, 0.6) is 5.75 Å². The minimum absolute atomic E-state index is 0.0610. The lowest BCUT2D eigenvalue weighted by molar-refractivity contribution is 0.340. The number of aliphatic imine (C=N–C) groups is 1. The molecule has 0 saturated carbocycles. The fourth-order valence-corrected chi connectivity index (χ4v) is 4.01. The number of ether oxygens (including phenoxy) is 1. The molecule has 0 amide bonds. The first-order valence-corrected chi connectivity index (χ1v) is 11.1. The van der Waals surface area contributed by atoms with Crippen molar-refractivity contribution in [3.8, 4) is 5.75 Å². The van der Waals surface area contributed by atoms with Gasteiger partial charge in [0, 0.05) is 0 Å². The summed E-state index contributed by atoms with van der Waals surface area (Å²) >= 11 is 0. The van der Waals surface area contributed by atoms with Gasteiger partial charge in [-0.05, 0) is 67.9 Å². The van der Waals surface area contributed by atoms with Crippen LogP contribution in [-0.2, 0) is 10.0 Å². The molecule has 3 aromatic carbocycles. The standard InChI is InChI=1S/C23H20N4O3S/c1-3-30-18-13-11-17(12-14-18)24-22-23(26-21-10-5-4-9-20(21)25-22)27-31(28,29)19-8-6-7-16(2)15-19/h4-15H,3H2,1-2H3/b24-22?,27-23-. The third-order valence-corrected chi connectivity index (χ3v) is 5.67. The summed E-state index contributed by atoms with van der Waals surface area (Å²) in [5, 5.41) is 1.13. The maximum Gasteiger partial charge on any atom is 0.284 e. The molecule has 156 valence electrons. The van der Waals surface area contributed by atoms with Crippen LogP contribution in [0.4, 0.5) is 5.69 Å². The number of sulfonamides is 1. The molecule has 0 saturated heterocycles. The molecule has 1 heterocycles. The molecule has 0 atom stereocenters. The van der Waals surface area contributed by atoms with Gasteiger partial charge in [0.25, 0.3) is 10.0 Å². The number of hydrogen-bond acceptors (Lipinski definition) is 4. The van der Waals surface area contributed by atoms with Gasteiger partial charge in [-0.3, -0.25) is 0 Å². The van der Waals surface area contributed by atoms with E-state index in [1.54, 1.807) is 54.6 Å².